The predicted molar refractivity (Wildman–Crippen MR) is 65.8 cm³/mol. The van der Waals surface area contributed by atoms with Crippen molar-refractivity contribution < 1.29 is 9.21 Å². The summed E-state index contributed by atoms with van der Waals surface area (Å²) in [4.78, 5) is 17.5. The zero-order chi connectivity index (χ0) is 12.6. The topological polar surface area (TPSA) is 72.4 Å². The molecule has 2 rings (SSSR count). The van der Waals surface area contributed by atoms with Crippen LogP contribution in [0.15, 0.2) is 22.6 Å². The molecule has 0 aliphatic heterocycles. The second kappa shape index (κ2) is 4.18. The molecule has 2 aromatic rings. The fraction of sp³-hybridized carbons (Fsp3) is 0.333. The standard InChI is InChI=1S/C12H15N3O2/c1-7(13)12(16)15(3)9-4-5-11-10(6-9)14-8(2)17-11/h4-7H,13H2,1-3H3. The summed E-state index contributed by atoms with van der Waals surface area (Å²) in [6.45, 7) is 3.45. The Bertz CT molecular complexity index is 560. The summed E-state index contributed by atoms with van der Waals surface area (Å²) in [5, 5.41) is 0. The van der Waals surface area contributed by atoms with E-state index in [1.54, 1.807) is 27.0 Å². The maximum atomic E-state index is 11.7. The van der Waals surface area contributed by atoms with Gasteiger partial charge in [0.1, 0.15) is 5.52 Å². The molecular weight excluding hydrogens is 218 g/mol. The van der Waals surface area contributed by atoms with Crippen LogP contribution in [-0.4, -0.2) is 24.0 Å². The van der Waals surface area contributed by atoms with Crippen molar-refractivity contribution in [3.8, 4) is 0 Å². The lowest BCUT2D eigenvalue weighted by molar-refractivity contribution is -0.119. The molecule has 2 N–H and O–H groups in total. The molecule has 1 unspecified atom stereocenters. The van der Waals surface area contributed by atoms with Crippen molar-refractivity contribution in [2.24, 2.45) is 5.73 Å². The number of hydrogen-bond acceptors (Lipinski definition) is 4. The number of aromatic nitrogens is 1. The van der Waals surface area contributed by atoms with Crippen LogP contribution in [0, 0.1) is 6.92 Å². The Kier molecular flexibility index (Phi) is 2.85. The normalized spacial score (nSPS) is 12.7. The van der Waals surface area contributed by atoms with Crippen LogP contribution in [0.25, 0.3) is 11.1 Å². The molecule has 0 aliphatic rings. The van der Waals surface area contributed by atoms with Gasteiger partial charge in [-0.05, 0) is 25.1 Å². The number of carbonyl (C=O) groups is 1. The summed E-state index contributed by atoms with van der Waals surface area (Å²) < 4.78 is 5.37. The maximum Gasteiger partial charge on any atom is 0.243 e. The Hall–Kier alpha value is -1.88. The maximum absolute atomic E-state index is 11.7. The van der Waals surface area contributed by atoms with Crippen LogP contribution < -0.4 is 10.6 Å². The third kappa shape index (κ3) is 2.14. The van der Waals surface area contributed by atoms with E-state index in [2.05, 4.69) is 4.98 Å². The summed E-state index contributed by atoms with van der Waals surface area (Å²) >= 11 is 0. The van der Waals surface area contributed by atoms with Crippen LogP contribution >= 0.6 is 0 Å². The summed E-state index contributed by atoms with van der Waals surface area (Å²) in [5.41, 5.74) is 7.78. The van der Waals surface area contributed by atoms with Crippen LogP contribution in [0.5, 0.6) is 0 Å². The van der Waals surface area contributed by atoms with E-state index in [9.17, 15) is 4.79 Å². The first-order chi connectivity index (χ1) is 7.99. The number of rotatable bonds is 2. The molecule has 0 radical (unpaired) electrons. The Morgan fingerprint density at radius 2 is 2.24 bits per heavy atom. The average Bonchev–Trinajstić information content (AvgIpc) is 2.65. The molecule has 0 fully saturated rings. The van der Waals surface area contributed by atoms with Crippen molar-refractivity contribution in [1.29, 1.82) is 0 Å². The number of amides is 1. The highest BCUT2D eigenvalue weighted by atomic mass is 16.3. The van der Waals surface area contributed by atoms with Crippen LogP contribution in [-0.2, 0) is 4.79 Å². The molecule has 5 nitrogen and oxygen atoms in total. The fourth-order valence-electron chi connectivity index (χ4n) is 1.67. The third-order valence-corrected chi connectivity index (χ3v) is 2.59. The molecule has 17 heavy (non-hydrogen) atoms. The van der Waals surface area contributed by atoms with Gasteiger partial charge in [-0.2, -0.15) is 0 Å². The number of likely N-dealkylation sites (N-methyl/N-ethyl adjacent to an activating group) is 1. The molecule has 0 saturated carbocycles. The van der Waals surface area contributed by atoms with Crippen LogP contribution in [0.4, 0.5) is 5.69 Å². The third-order valence-electron chi connectivity index (χ3n) is 2.59. The summed E-state index contributed by atoms with van der Waals surface area (Å²) in [6.07, 6.45) is 0. The Labute approximate surface area is 99.2 Å². The lowest BCUT2D eigenvalue weighted by Gasteiger charge is -2.19. The molecule has 0 aliphatic carbocycles. The van der Waals surface area contributed by atoms with Gasteiger partial charge in [0.05, 0.1) is 6.04 Å². The Balaban J connectivity index is 2.38. The largest absolute Gasteiger partial charge is 0.441 e. The van der Waals surface area contributed by atoms with E-state index in [0.29, 0.717) is 11.5 Å². The molecule has 90 valence electrons. The van der Waals surface area contributed by atoms with E-state index in [0.717, 1.165) is 11.2 Å². The zero-order valence-electron chi connectivity index (χ0n) is 10.1. The summed E-state index contributed by atoms with van der Waals surface area (Å²) in [6, 6.07) is 4.91. The quantitative estimate of drug-likeness (QED) is 0.852. The first-order valence-corrected chi connectivity index (χ1v) is 5.39. The van der Waals surface area contributed by atoms with Crippen molar-refractivity contribution >= 4 is 22.7 Å². The van der Waals surface area contributed by atoms with Gasteiger partial charge < -0.3 is 15.1 Å². The average molecular weight is 233 g/mol. The van der Waals surface area contributed by atoms with E-state index in [-0.39, 0.29) is 5.91 Å². The lowest BCUT2D eigenvalue weighted by Crippen LogP contribution is -2.39. The van der Waals surface area contributed by atoms with Crippen LogP contribution in [0.1, 0.15) is 12.8 Å². The first kappa shape index (κ1) is 11.6. The lowest BCUT2D eigenvalue weighted by atomic mass is 10.2. The number of anilines is 1. The number of nitrogens with two attached hydrogens (primary N) is 1. The molecule has 1 heterocycles. The zero-order valence-corrected chi connectivity index (χ0v) is 10.1. The molecule has 1 aromatic heterocycles. The minimum absolute atomic E-state index is 0.135. The smallest absolute Gasteiger partial charge is 0.243 e. The van der Waals surface area contributed by atoms with E-state index >= 15 is 0 Å². The van der Waals surface area contributed by atoms with Crippen molar-refractivity contribution in [3.63, 3.8) is 0 Å². The van der Waals surface area contributed by atoms with E-state index in [1.807, 2.05) is 12.1 Å². The summed E-state index contributed by atoms with van der Waals surface area (Å²) in [5.74, 6) is 0.475. The van der Waals surface area contributed by atoms with E-state index in [4.69, 9.17) is 10.2 Å². The highest BCUT2D eigenvalue weighted by Gasteiger charge is 2.15. The van der Waals surface area contributed by atoms with Crippen molar-refractivity contribution in [2.75, 3.05) is 11.9 Å². The molecular formula is C12H15N3O2. The number of fused-ring (bicyclic) bond motifs is 1. The Morgan fingerprint density at radius 1 is 1.53 bits per heavy atom. The van der Waals surface area contributed by atoms with E-state index < -0.39 is 6.04 Å². The number of benzene rings is 1. The fourth-order valence-corrected chi connectivity index (χ4v) is 1.67. The second-order valence-electron chi connectivity index (χ2n) is 4.07. The number of nitrogens with zero attached hydrogens (tertiary/aromatic N) is 2. The highest BCUT2D eigenvalue weighted by Crippen LogP contribution is 2.22. The number of aryl methyl sites for hydroxylation is 1. The first-order valence-electron chi connectivity index (χ1n) is 5.39. The van der Waals surface area contributed by atoms with Gasteiger partial charge in [0.15, 0.2) is 11.5 Å². The Morgan fingerprint density at radius 3 is 2.88 bits per heavy atom. The molecule has 0 bridgehead atoms. The van der Waals surface area contributed by atoms with Gasteiger partial charge in [0.25, 0.3) is 0 Å². The van der Waals surface area contributed by atoms with Crippen LogP contribution in [0.3, 0.4) is 0 Å². The second-order valence-corrected chi connectivity index (χ2v) is 4.07. The minimum Gasteiger partial charge on any atom is -0.441 e. The van der Waals surface area contributed by atoms with Crippen molar-refractivity contribution in [1.82, 2.24) is 4.98 Å². The van der Waals surface area contributed by atoms with Crippen molar-refractivity contribution in [3.05, 3.63) is 24.1 Å². The van der Waals surface area contributed by atoms with Gasteiger partial charge in [-0.3, -0.25) is 4.79 Å². The molecule has 1 atom stereocenters. The number of oxazole rings is 1. The van der Waals surface area contributed by atoms with Crippen LogP contribution in [0.2, 0.25) is 0 Å². The van der Waals surface area contributed by atoms with Gasteiger partial charge in [0.2, 0.25) is 5.91 Å². The molecule has 1 aromatic carbocycles. The predicted octanol–water partition coefficient (Wildman–Crippen LogP) is 1.45. The molecule has 1 amide bonds. The minimum atomic E-state index is -0.519. The monoisotopic (exact) mass is 233 g/mol. The van der Waals surface area contributed by atoms with Gasteiger partial charge in [-0.15, -0.1) is 0 Å². The number of carbonyl (C=O) groups excluding carboxylic acids is 1. The summed E-state index contributed by atoms with van der Waals surface area (Å²) in [7, 11) is 1.69. The van der Waals surface area contributed by atoms with Gasteiger partial charge in [-0.1, -0.05) is 0 Å². The van der Waals surface area contributed by atoms with Gasteiger partial charge in [-0.25, -0.2) is 4.98 Å². The molecule has 0 spiro atoms. The molecule has 5 heteroatoms. The molecule has 0 saturated heterocycles. The number of hydrogen-bond donors (Lipinski definition) is 1. The SMILES string of the molecule is Cc1nc2cc(N(C)C(=O)C(C)N)ccc2o1. The van der Waals surface area contributed by atoms with Gasteiger partial charge >= 0.3 is 0 Å². The van der Waals surface area contributed by atoms with E-state index in [1.165, 1.54) is 4.90 Å². The van der Waals surface area contributed by atoms with Gasteiger partial charge in [0, 0.05) is 19.7 Å². The van der Waals surface area contributed by atoms with Crippen molar-refractivity contribution in [2.45, 2.75) is 19.9 Å². The highest BCUT2D eigenvalue weighted by molar-refractivity contribution is 5.97.